The molecule has 5 nitrogen and oxygen atoms in total. The highest BCUT2D eigenvalue weighted by atomic mass is 19.4. The summed E-state index contributed by atoms with van der Waals surface area (Å²) in [5, 5.41) is 4.74. The van der Waals surface area contributed by atoms with Gasteiger partial charge in [0, 0.05) is 31.4 Å². The molecule has 3 rings (SSSR count). The average Bonchev–Trinajstić information content (AvgIpc) is 3.02. The molecule has 0 saturated carbocycles. The third-order valence-electron chi connectivity index (χ3n) is 6.44. The van der Waals surface area contributed by atoms with E-state index in [4.69, 9.17) is 5.10 Å². The topological polar surface area (TPSA) is 33.5 Å². The molecule has 34 heavy (non-hydrogen) atoms. The van der Waals surface area contributed by atoms with Crippen LogP contribution in [-0.4, -0.2) is 60.4 Å². The molecule has 1 aromatic heterocycles. The maximum Gasteiger partial charge on any atom is 0.573 e. The van der Waals surface area contributed by atoms with Gasteiger partial charge >= 0.3 is 6.36 Å². The average molecular weight is 485 g/mol. The van der Waals surface area contributed by atoms with Gasteiger partial charge in [-0.15, -0.1) is 13.2 Å². The van der Waals surface area contributed by atoms with Crippen molar-refractivity contribution >= 4 is 5.82 Å². The number of aryl methyl sites for hydroxylation is 1. The second-order valence-electron chi connectivity index (χ2n) is 9.05. The number of aromatic nitrogens is 2. The van der Waals surface area contributed by atoms with E-state index >= 15 is 0 Å². The van der Waals surface area contributed by atoms with Gasteiger partial charge in [0.2, 0.25) is 0 Å². The zero-order valence-electron chi connectivity index (χ0n) is 20.2. The second kappa shape index (κ2) is 12.4. The molecule has 0 bridgehead atoms. The Kier molecular flexibility index (Phi) is 9.62. The molecule has 0 radical (unpaired) electrons. The SMILES string of the molecule is CCCCN(CCF)CCC1CCCN(c2cc(C)n(-c3ccc(OC(F)(F)F)cc3)n2)CC1. The summed E-state index contributed by atoms with van der Waals surface area (Å²) in [6.07, 6.45) is 1.94. The van der Waals surface area contributed by atoms with E-state index in [0.717, 1.165) is 76.2 Å². The Labute approximate surface area is 199 Å². The Hall–Kier alpha value is -2.29. The summed E-state index contributed by atoms with van der Waals surface area (Å²) in [4.78, 5) is 4.54. The van der Waals surface area contributed by atoms with Crippen LogP contribution in [0, 0.1) is 12.8 Å². The number of benzene rings is 1. The van der Waals surface area contributed by atoms with Gasteiger partial charge in [-0.05, 0) is 82.3 Å². The van der Waals surface area contributed by atoms with E-state index in [-0.39, 0.29) is 12.4 Å². The van der Waals surface area contributed by atoms with Crippen molar-refractivity contribution in [1.82, 2.24) is 14.7 Å². The molecule has 0 N–H and O–H groups in total. The standard InChI is InChI=1S/C25H36F4N4O/c1-3-4-14-31(18-13-26)16-11-21-6-5-15-32(17-12-21)24-19-20(2)33(30-24)22-7-9-23(10-8-22)34-25(27,28)29/h7-10,19,21H,3-6,11-18H2,1-2H3. The fraction of sp³-hybridized carbons (Fsp3) is 0.640. The zero-order valence-corrected chi connectivity index (χ0v) is 20.2. The lowest BCUT2D eigenvalue weighted by atomic mass is 9.96. The zero-order chi connectivity index (χ0) is 24.6. The molecule has 1 atom stereocenters. The number of ether oxygens (including phenoxy) is 1. The van der Waals surface area contributed by atoms with Crippen LogP contribution in [0.15, 0.2) is 30.3 Å². The first-order chi connectivity index (χ1) is 16.3. The monoisotopic (exact) mass is 484 g/mol. The molecule has 9 heteroatoms. The number of rotatable bonds is 11. The molecule has 1 saturated heterocycles. The van der Waals surface area contributed by atoms with Crippen LogP contribution in [0.1, 0.15) is 51.1 Å². The van der Waals surface area contributed by atoms with Gasteiger partial charge in [0.25, 0.3) is 0 Å². The van der Waals surface area contributed by atoms with Crippen molar-refractivity contribution in [3.8, 4) is 11.4 Å². The summed E-state index contributed by atoms with van der Waals surface area (Å²) in [7, 11) is 0. The van der Waals surface area contributed by atoms with Crippen LogP contribution in [0.5, 0.6) is 5.75 Å². The third-order valence-corrected chi connectivity index (χ3v) is 6.44. The highest BCUT2D eigenvalue weighted by Gasteiger charge is 2.31. The molecular weight excluding hydrogens is 448 g/mol. The van der Waals surface area contributed by atoms with Gasteiger partial charge in [0.05, 0.1) is 5.69 Å². The highest BCUT2D eigenvalue weighted by molar-refractivity contribution is 5.45. The van der Waals surface area contributed by atoms with Crippen LogP contribution in [0.3, 0.4) is 0 Å². The molecule has 1 aliphatic rings. The predicted molar refractivity (Wildman–Crippen MR) is 126 cm³/mol. The van der Waals surface area contributed by atoms with Crippen molar-refractivity contribution in [2.75, 3.05) is 44.3 Å². The molecule has 0 spiro atoms. The first-order valence-electron chi connectivity index (χ1n) is 12.2. The molecule has 190 valence electrons. The molecular formula is C25H36F4N4O. The van der Waals surface area contributed by atoms with Crippen LogP contribution >= 0.6 is 0 Å². The van der Waals surface area contributed by atoms with Crippen molar-refractivity contribution in [3.63, 3.8) is 0 Å². The molecule has 1 unspecified atom stereocenters. The Morgan fingerprint density at radius 1 is 1.09 bits per heavy atom. The molecule has 0 aliphatic carbocycles. The summed E-state index contributed by atoms with van der Waals surface area (Å²) in [6, 6.07) is 7.77. The maximum atomic E-state index is 12.9. The number of alkyl halides is 4. The number of unbranched alkanes of at least 4 members (excludes halogenated alkanes) is 1. The summed E-state index contributed by atoms with van der Waals surface area (Å²) in [5.41, 5.74) is 1.60. The molecule has 0 amide bonds. The van der Waals surface area contributed by atoms with Crippen LogP contribution in [0.2, 0.25) is 0 Å². The van der Waals surface area contributed by atoms with E-state index in [2.05, 4.69) is 21.5 Å². The lowest BCUT2D eigenvalue weighted by molar-refractivity contribution is -0.274. The minimum atomic E-state index is -4.71. The largest absolute Gasteiger partial charge is 0.573 e. The van der Waals surface area contributed by atoms with Crippen LogP contribution in [0.25, 0.3) is 5.69 Å². The quantitative estimate of drug-likeness (QED) is 0.359. The Morgan fingerprint density at radius 2 is 1.85 bits per heavy atom. The van der Waals surface area contributed by atoms with Crippen molar-refractivity contribution in [2.24, 2.45) is 5.92 Å². The fourth-order valence-corrected chi connectivity index (χ4v) is 4.55. The van der Waals surface area contributed by atoms with Gasteiger partial charge in [-0.2, -0.15) is 5.10 Å². The van der Waals surface area contributed by atoms with Crippen LogP contribution in [0.4, 0.5) is 23.4 Å². The minimum Gasteiger partial charge on any atom is -0.406 e. The molecule has 1 aliphatic heterocycles. The number of hydrogen-bond donors (Lipinski definition) is 0. The lowest BCUT2D eigenvalue weighted by Gasteiger charge is -2.24. The van der Waals surface area contributed by atoms with E-state index < -0.39 is 6.36 Å². The molecule has 1 aromatic carbocycles. The minimum absolute atomic E-state index is 0.250. The Morgan fingerprint density at radius 3 is 2.53 bits per heavy atom. The summed E-state index contributed by atoms with van der Waals surface area (Å²) in [5.74, 6) is 1.26. The summed E-state index contributed by atoms with van der Waals surface area (Å²) < 4.78 is 55.8. The molecule has 1 fully saturated rings. The highest BCUT2D eigenvalue weighted by Crippen LogP contribution is 2.27. The van der Waals surface area contributed by atoms with Gasteiger partial charge < -0.3 is 14.5 Å². The van der Waals surface area contributed by atoms with Crippen molar-refractivity contribution < 1.29 is 22.3 Å². The van der Waals surface area contributed by atoms with Gasteiger partial charge in [-0.1, -0.05) is 13.3 Å². The van der Waals surface area contributed by atoms with Crippen molar-refractivity contribution in [2.45, 2.75) is 58.7 Å². The number of nitrogens with zero attached hydrogens (tertiary/aromatic N) is 4. The third kappa shape index (κ3) is 7.89. The van der Waals surface area contributed by atoms with E-state index in [9.17, 15) is 17.6 Å². The van der Waals surface area contributed by atoms with E-state index in [1.54, 1.807) is 16.8 Å². The fourth-order valence-electron chi connectivity index (χ4n) is 4.55. The van der Waals surface area contributed by atoms with E-state index in [0.29, 0.717) is 18.2 Å². The molecule has 2 heterocycles. The van der Waals surface area contributed by atoms with E-state index in [1.807, 2.05) is 13.0 Å². The molecule has 2 aromatic rings. The first kappa shape index (κ1) is 26.3. The second-order valence-corrected chi connectivity index (χ2v) is 9.05. The number of halogens is 4. The summed E-state index contributed by atoms with van der Waals surface area (Å²) >= 11 is 0. The normalized spacial score (nSPS) is 17.3. The first-order valence-corrected chi connectivity index (χ1v) is 12.2. The Bertz CT molecular complexity index is 869. The van der Waals surface area contributed by atoms with Crippen molar-refractivity contribution in [3.05, 3.63) is 36.0 Å². The Balaban J connectivity index is 1.57. The van der Waals surface area contributed by atoms with Gasteiger partial charge in [-0.3, -0.25) is 0 Å². The van der Waals surface area contributed by atoms with Crippen LogP contribution < -0.4 is 9.64 Å². The lowest BCUT2D eigenvalue weighted by Crippen LogP contribution is -2.30. The number of anilines is 1. The smallest absolute Gasteiger partial charge is 0.406 e. The van der Waals surface area contributed by atoms with Gasteiger partial charge in [-0.25, -0.2) is 9.07 Å². The predicted octanol–water partition coefficient (Wildman–Crippen LogP) is 6.15. The van der Waals surface area contributed by atoms with Crippen LogP contribution in [-0.2, 0) is 0 Å². The maximum absolute atomic E-state index is 12.9. The van der Waals surface area contributed by atoms with Crippen molar-refractivity contribution in [1.29, 1.82) is 0 Å². The summed E-state index contributed by atoms with van der Waals surface area (Å²) in [6.45, 7) is 8.10. The number of hydrogen-bond acceptors (Lipinski definition) is 4. The van der Waals surface area contributed by atoms with Gasteiger partial charge in [0.1, 0.15) is 12.4 Å². The van der Waals surface area contributed by atoms with E-state index in [1.165, 1.54) is 12.1 Å². The van der Waals surface area contributed by atoms with Gasteiger partial charge in [0.15, 0.2) is 5.82 Å².